The van der Waals surface area contributed by atoms with E-state index < -0.39 is 0 Å². The van der Waals surface area contributed by atoms with Gasteiger partial charge in [-0.2, -0.15) is 0 Å². The maximum atomic E-state index is 12.8. The smallest absolute Gasteiger partial charge is 0.228 e. The number of anilines is 1. The van der Waals surface area contributed by atoms with E-state index in [1.54, 1.807) is 17.5 Å². The molecule has 1 aliphatic heterocycles. The first-order valence-corrected chi connectivity index (χ1v) is 11.1. The highest BCUT2D eigenvalue weighted by Gasteiger charge is 2.24. The summed E-state index contributed by atoms with van der Waals surface area (Å²) in [6.45, 7) is 9.36. The van der Waals surface area contributed by atoms with Crippen LogP contribution in [0.1, 0.15) is 31.5 Å². The lowest BCUT2D eigenvalue weighted by atomic mass is 9.98. The molecule has 1 aliphatic rings. The van der Waals surface area contributed by atoms with Crippen molar-refractivity contribution in [3.63, 3.8) is 0 Å². The molecule has 0 saturated carbocycles. The van der Waals surface area contributed by atoms with Crippen LogP contribution in [0.15, 0.2) is 48.0 Å². The van der Waals surface area contributed by atoms with E-state index in [1.807, 2.05) is 46.7 Å². The maximum Gasteiger partial charge on any atom is 0.228 e. The molecule has 0 atom stereocenters. The fourth-order valence-corrected chi connectivity index (χ4v) is 4.34. The summed E-state index contributed by atoms with van der Waals surface area (Å²) in [4.78, 5) is 30.7. The van der Waals surface area contributed by atoms with Crippen LogP contribution in [0.4, 0.5) is 5.82 Å². The summed E-state index contributed by atoms with van der Waals surface area (Å²) in [5.74, 6) is 1.78. The van der Waals surface area contributed by atoms with Gasteiger partial charge in [0.05, 0.1) is 17.1 Å². The molecule has 3 heterocycles. The third-order valence-corrected chi connectivity index (χ3v) is 6.47. The number of hydrogen-bond donors (Lipinski definition) is 0. The van der Waals surface area contributed by atoms with Crippen molar-refractivity contribution in [3.8, 4) is 11.4 Å². The topological polar surface area (TPSA) is 62.2 Å². The molecular weight excluding hydrogens is 394 g/mol. The van der Waals surface area contributed by atoms with E-state index >= 15 is 0 Å². The van der Waals surface area contributed by atoms with Crippen molar-refractivity contribution >= 4 is 23.1 Å². The number of rotatable bonds is 4. The Hall–Kier alpha value is -2.80. The first-order chi connectivity index (χ1) is 14.4. The summed E-state index contributed by atoms with van der Waals surface area (Å²) in [6.07, 6.45) is 2.18. The van der Waals surface area contributed by atoms with Crippen molar-refractivity contribution in [2.75, 3.05) is 31.1 Å². The molecule has 0 aliphatic carbocycles. The van der Waals surface area contributed by atoms with Crippen LogP contribution in [0, 0.1) is 0 Å². The first kappa shape index (κ1) is 20.5. The summed E-state index contributed by atoms with van der Waals surface area (Å²) < 4.78 is 0. The number of amides is 1. The SMILES string of the molecule is CC(C)(C)c1nc(CC(=O)N2CCN(c3ccnc(-c4ccccc4)n3)CC2)cs1. The van der Waals surface area contributed by atoms with Gasteiger partial charge in [-0.3, -0.25) is 4.79 Å². The molecule has 0 bridgehead atoms. The number of aromatic nitrogens is 3. The quantitative estimate of drug-likeness (QED) is 0.641. The second-order valence-electron chi connectivity index (χ2n) is 8.54. The largest absolute Gasteiger partial charge is 0.353 e. The van der Waals surface area contributed by atoms with E-state index in [-0.39, 0.29) is 11.3 Å². The summed E-state index contributed by atoms with van der Waals surface area (Å²) in [7, 11) is 0. The molecule has 2 aromatic heterocycles. The molecule has 156 valence electrons. The fourth-order valence-electron chi connectivity index (χ4n) is 3.44. The van der Waals surface area contributed by atoms with E-state index in [0.717, 1.165) is 41.0 Å². The zero-order valence-electron chi connectivity index (χ0n) is 17.7. The van der Waals surface area contributed by atoms with E-state index in [9.17, 15) is 4.79 Å². The van der Waals surface area contributed by atoms with Crippen LogP contribution in [0.2, 0.25) is 0 Å². The summed E-state index contributed by atoms with van der Waals surface area (Å²) in [5.41, 5.74) is 1.90. The molecule has 7 heteroatoms. The molecule has 4 rings (SSSR count). The number of piperazine rings is 1. The highest BCUT2D eigenvalue weighted by molar-refractivity contribution is 7.09. The Morgan fingerprint density at radius 3 is 2.43 bits per heavy atom. The predicted molar refractivity (Wildman–Crippen MR) is 121 cm³/mol. The van der Waals surface area contributed by atoms with E-state index in [4.69, 9.17) is 4.98 Å². The maximum absolute atomic E-state index is 12.8. The minimum atomic E-state index is 0.0216. The van der Waals surface area contributed by atoms with Crippen molar-refractivity contribution in [3.05, 3.63) is 58.7 Å². The average Bonchev–Trinajstić information content (AvgIpc) is 3.24. The van der Waals surface area contributed by atoms with Crippen LogP contribution < -0.4 is 4.90 Å². The Kier molecular flexibility index (Phi) is 5.81. The Balaban J connectivity index is 1.36. The van der Waals surface area contributed by atoms with Crippen molar-refractivity contribution in [2.24, 2.45) is 0 Å². The zero-order chi connectivity index (χ0) is 21.1. The fraction of sp³-hybridized carbons (Fsp3) is 0.391. The molecule has 0 unspecified atom stereocenters. The van der Waals surface area contributed by atoms with Crippen LogP contribution in [0.3, 0.4) is 0 Å². The molecule has 6 nitrogen and oxygen atoms in total. The van der Waals surface area contributed by atoms with Gasteiger partial charge in [0, 0.05) is 48.7 Å². The number of carbonyl (C=O) groups excluding carboxylic acids is 1. The van der Waals surface area contributed by atoms with E-state index in [2.05, 4.69) is 35.6 Å². The normalized spacial score (nSPS) is 14.8. The van der Waals surface area contributed by atoms with Gasteiger partial charge >= 0.3 is 0 Å². The molecule has 3 aromatic rings. The molecule has 0 radical (unpaired) electrons. The lowest BCUT2D eigenvalue weighted by Crippen LogP contribution is -2.49. The van der Waals surface area contributed by atoms with Crippen LogP contribution in [0.5, 0.6) is 0 Å². The Morgan fingerprint density at radius 1 is 1.03 bits per heavy atom. The number of thiazole rings is 1. The van der Waals surface area contributed by atoms with Gasteiger partial charge in [-0.05, 0) is 6.07 Å². The van der Waals surface area contributed by atoms with Gasteiger partial charge in [0.15, 0.2) is 5.82 Å². The number of carbonyl (C=O) groups is 1. The Bertz CT molecular complexity index is 1000. The monoisotopic (exact) mass is 421 g/mol. The van der Waals surface area contributed by atoms with Crippen molar-refractivity contribution < 1.29 is 4.79 Å². The number of benzene rings is 1. The van der Waals surface area contributed by atoms with Crippen molar-refractivity contribution in [1.29, 1.82) is 0 Å². The van der Waals surface area contributed by atoms with Gasteiger partial charge in [-0.1, -0.05) is 51.1 Å². The number of nitrogens with zero attached hydrogens (tertiary/aromatic N) is 5. The third-order valence-electron chi connectivity index (χ3n) is 5.15. The van der Waals surface area contributed by atoms with Gasteiger partial charge in [0.1, 0.15) is 5.82 Å². The lowest BCUT2D eigenvalue weighted by Gasteiger charge is -2.35. The van der Waals surface area contributed by atoms with Crippen molar-refractivity contribution in [2.45, 2.75) is 32.6 Å². The second kappa shape index (κ2) is 8.52. The highest BCUT2D eigenvalue weighted by atomic mass is 32.1. The number of hydrogen-bond acceptors (Lipinski definition) is 6. The van der Waals surface area contributed by atoms with Gasteiger partial charge in [-0.15, -0.1) is 11.3 Å². The van der Waals surface area contributed by atoms with E-state index in [1.165, 1.54) is 0 Å². The molecule has 30 heavy (non-hydrogen) atoms. The summed E-state index contributed by atoms with van der Waals surface area (Å²) in [6, 6.07) is 11.9. The van der Waals surface area contributed by atoms with Crippen LogP contribution >= 0.6 is 11.3 Å². The highest BCUT2D eigenvalue weighted by Crippen LogP contribution is 2.26. The van der Waals surface area contributed by atoms with Crippen LogP contribution in [0.25, 0.3) is 11.4 Å². The summed E-state index contributed by atoms with van der Waals surface area (Å²) in [5, 5.41) is 3.09. The minimum absolute atomic E-state index is 0.0216. The average molecular weight is 422 g/mol. The zero-order valence-corrected chi connectivity index (χ0v) is 18.5. The van der Waals surface area contributed by atoms with Crippen LogP contribution in [-0.2, 0) is 16.6 Å². The Labute approximate surface area is 181 Å². The molecule has 0 N–H and O–H groups in total. The molecular formula is C23H27N5OS. The molecule has 1 fully saturated rings. The van der Waals surface area contributed by atoms with Gasteiger partial charge in [0.25, 0.3) is 0 Å². The minimum Gasteiger partial charge on any atom is -0.353 e. The van der Waals surface area contributed by atoms with E-state index in [0.29, 0.717) is 19.5 Å². The lowest BCUT2D eigenvalue weighted by molar-refractivity contribution is -0.130. The third kappa shape index (κ3) is 4.67. The van der Waals surface area contributed by atoms with Gasteiger partial charge in [0.2, 0.25) is 5.91 Å². The van der Waals surface area contributed by atoms with Crippen LogP contribution in [-0.4, -0.2) is 51.9 Å². The first-order valence-electron chi connectivity index (χ1n) is 10.3. The van der Waals surface area contributed by atoms with Crippen molar-refractivity contribution in [1.82, 2.24) is 19.9 Å². The second-order valence-corrected chi connectivity index (χ2v) is 9.40. The molecule has 1 saturated heterocycles. The Morgan fingerprint density at radius 2 is 1.77 bits per heavy atom. The van der Waals surface area contributed by atoms with Gasteiger partial charge in [-0.25, -0.2) is 15.0 Å². The predicted octanol–water partition coefficient (Wildman–Crippen LogP) is 3.79. The molecule has 1 aromatic carbocycles. The standard InChI is InChI=1S/C23H27N5OS/c1-23(2,3)22-25-18(16-30-22)15-20(29)28-13-11-27(12-14-28)19-9-10-24-21(26-19)17-7-5-4-6-8-17/h4-10,16H,11-15H2,1-3H3. The summed E-state index contributed by atoms with van der Waals surface area (Å²) >= 11 is 1.64. The van der Waals surface area contributed by atoms with Gasteiger partial charge < -0.3 is 9.80 Å². The molecule has 0 spiro atoms. The molecule has 1 amide bonds.